The molecule has 0 rings (SSSR count). The van der Waals surface area contributed by atoms with Gasteiger partial charge in [0.2, 0.25) is 4.77 Å². The van der Waals surface area contributed by atoms with E-state index < -0.39 is 0 Å². The van der Waals surface area contributed by atoms with E-state index in [2.05, 4.69) is 20.8 Å². The molecule has 0 bridgehead atoms. The van der Waals surface area contributed by atoms with Crippen molar-refractivity contribution in [2.45, 2.75) is 26.4 Å². The van der Waals surface area contributed by atoms with Crippen LogP contribution < -0.4 is 0 Å². The molecule has 0 N–H and O–H groups in total. The van der Waals surface area contributed by atoms with Crippen molar-refractivity contribution in [2.75, 3.05) is 12.5 Å². The summed E-state index contributed by atoms with van der Waals surface area (Å²) in [5.74, 6) is 0. The first-order valence-electron chi connectivity index (χ1n) is 3.13. The molecule has 1 nitrogen and oxygen atoms in total. The molecule has 0 aromatic heterocycles. The van der Waals surface area contributed by atoms with Gasteiger partial charge in [-0.15, -0.1) is 23.5 Å². The van der Waals surface area contributed by atoms with Gasteiger partial charge in [-0.25, -0.2) is 0 Å². The topological polar surface area (TPSA) is 9.23 Å². The smallest absolute Gasteiger partial charge is 0.209 e. The van der Waals surface area contributed by atoms with Crippen LogP contribution in [0.5, 0.6) is 0 Å². The van der Waals surface area contributed by atoms with E-state index in [1.54, 1.807) is 23.5 Å². The van der Waals surface area contributed by atoms with Crippen molar-refractivity contribution < 1.29 is 4.74 Å². The van der Waals surface area contributed by atoms with Gasteiger partial charge in [0.05, 0.1) is 5.60 Å². The van der Waals surface area contributed by atoms with E-state index in [-0.39, 0.29) is 5.60 Å². The van der Waals surface area contributed by atoms with Gasteiger partial charge in [0.1, 0.15) is 0 Å². The molecule has 0 aromatic rings. The second kappa shape index (κ2) is 4.52. The van der Waals surface area contributed by atoms with E-state index in [1.807, 2.05) is 12.5 Å². The Hall–Kier alpha value is 0.660. The average Bonchev–Trinajstić information content (AvgIpc) is 1.81. The van der Waals surface area contributed by atoms with Gasteiger partial charge in [-0.3, -0.25) is 0 Å². The number of hydrogen-bond donors (Lipinski definition) is 0. The lowest BCUT2D eigenvalue weighted by Crippen LogP contribution is -2.19. The average molecular weight is 179 g/mol. The zero-order valence-corrected chi connectivity index (χ0v) is 8.86. The molecule has 10 heavy (non-hydrogen) atoms. The van der Waals surface area contributed by atoms with E-state index in [9.17, 15) is 0 Å². The first-order chi connectivity index (χ1) is 4.49. The van der Waals surface area contributed by atoms with Crippen molar-refractivity contribution in [2.24, 2.45) is 0 Å². The van der Waals surface area contributed by atoms with Gasteiger partial charge >= 0.3 is 0 Å². The first kappa shape index (κ1) is 10.7. The summed E-state index contributed by atoms with van der Waals surface area (Å²) in [5, 5.41) is 0. The minimum Gasteiger partial charge on any atom is -0.345 e. The monoisotopic (exact) mass is 179 g/mol. The normalized spacial score (nSPS) is 12.6. The number of ether oxygens (including phenoxy) is 1. The molecular formula is C7H15OS2. The van der Waals surface area contributed by atoms with Crippen LogP contribution in [0, 0.1) is 4.77 Å². The fourth-order valence-electron chi connectivity index (χ4n) is 0.417. The van der Waals surface area contributed by atoms with Crippen molar-refractivity contribution in [3.05, 3.63) is 4.77 Å². The lowest BCUT2D eigenvalue weighted by molar-refractivity contribution is 0.0545. The molecule has 0 amide bonds. The van der Waals surface area contributed by atoms with Gasteiger partial charge in [0.25, 0.3) is 0 Å². The molecule has 0 aromatic carbocycles. The van der Waals surface area contributed by atoms with Crippen molar-refractivity contribution in [1.29, 1.82) is 0 Å². The molecule has 0 atom stereocenters. The number of hydrogen-bond acceptors (Lipinski definition) is 3. The Morgan fingerprint density at radius 3 is 1.60 bits per heavy atom. The summed E-state index contributed by atoms with van der Waals surface area (Å²) in [7, 11) is 0. The maximum absolute atomic E-state index is 5.58. The maximum atomic E-state index is 5.58. The first-order valence-corrected chi connectivity index (χ1v) is 5.58. The summed E-state index contributed by atoms with van der Waals surface area (Å²) in [4.78, 5) is 0. The van der Waals surface area contributed by atoms with E-state index in [1.165, 1.54) is 0 Å². The fraction of sp³-hybridized carbons (Fsp3) is 0.857. The molecule has 61 valence electrons. The van der Waals surface area contributed by atoms with Crippen LogP contribution in [0.15, 0.2) is 0 Å². The largest absolute Gasteiger partial charge is 0.345 e. The Morgan fingerprint density at radius 1 is 1.10 bits per heavy atom. The minimum absolute atomic E-state index is 0.0542. The van der Waals surface area contributed by atoms with Crippen LogP contribution in [-0.2, 0) is 4.74 Å². The molecule has 0 spiro atoms. The Labute approximate surface area is 72.3 Å². The zero-order chi connectivity index (χ0) is 8.20. The van der Waals surface area contributed by atoms with E-state index in [0.717, 1.165) is 4.77 Å². The van der Waals surface area contributed by atoms with Crippen LogP contribution in [0.2, 0.25) is 0 Å². The van der Waals surface area contributed by atoms with Crippen LogP contribution in [0.4, 0.5) is 0 Å². The number of rotatable bonds is 3. The summed E-state index contributed by atoms with van der Waals surface area (Å²) >= 11 is 3.31. The Kier molecular flexibility index (Phi) is 4.82. The second-order valence-corrected chi connectivity index (χ2v) is 4.69. The van der Waals surface area contributed by atoms with Crippen molar-refractivity contribution in [3.8, 4) is 0 Å². The standard InChI is InChI=1S/C7H15OS2/c1-7(2,3)8-6(9-4)10-5/h1-5H3. The van der Waals surface area contributed by atoms with Crippen LogP contribution in [0.3, 0.4) is 0 Å². The quantitative estimate of drug-likeness (QED) is 0.659. The van der Waals surface area contributed by atoms with Gasteiger partial charge in [-0.05, 0) is 33.3 Å². The zero-order valence-electron chi connectivity index (χ0n) is 7.22. The highest BCUT2D eigenvalue weighted by Gasteiger charge is 2.17. The molecule has 3 heteroatoms. The third-order valence-electron chi connectivity index (χ3n) is 0.723. The lowest BCUT2D eigenvalue weighted by Gasteiger charge is -2.23. The van der Waals surface area contributed by atoms with Gasteiger partial charge in [0, 0.05) is 0 Å². The predicted molar refractivity (Wildman–Crippen MR) is 51.1 cm³/mol. The summed E-state index contributed by atoms with van der Waals surface area (Å²) in [6.45, 7) is 6.17. The molecule has 0 saturated carbocycles. The lowest BCUT2D eigenvalue weighted by atomic mass is 10.2. The summed E-state index contributed by atoms with van der Waals surface area (Å²) in [6.07, 6.45) is 4.05. The molecule has 0 fully saturated rings. The highest BCUT2D eigenvalue weighted by molar-refractivity contribution is 8.19. The molecule has 0 aliphatic heterocycles. The Morgan fingerprint density at radius 2 is 1.50 bits per heavy atom. The van der Waals surface area contributed by atoms with Crippen LogP contribution in [0.25, 0.3) is 0 Å². The predicted octanol–water partition coefficient (Wildman–Crippen LogP) is 2.97. The van der Waals surface area contributed by atoms with Crippen molar-refractivity contribution in [1.82, 2.24) is 0 Å². The van der Waals surface area contributed by atoms with E-state index >= 15 is 0 Å². The van der Waals surface area contributed by atoms with E-state index in [0.29, 0.717) is 0 Å². The third kappa shape index (κ3) is 5.45. The Balaban J connectivity index is 3.63. The highest BCUT2D eigenvalue weighted by Crippen LogP contribution is 2.32. The molecule has 0 saturated heterocycles. The van der Waals surface area contributed by atoms with Crippen molar-refractivity contribution >= 4 is 23.5 Å². The SMILES string of the molecule is CS[C](OC(C)(C)C)SC. The van der Waals surface area contributed by atoms with Crippen LogP contribution in [0.1, 0.15) is 20.8 Å². The van der Waals surface area contributed by atoms with Gasteiger partial charge in [0.15, 0.2) is 0 Å². The van der Waals surface area contributed by atoms with Crippen LogP contribution >= 0.6 is 23.5 Å². The minimum atomic E-state index is -0.0542. The highest BCUT2D eigenvalue weighted by atomic mass is 32.2. The third-order valence-corrected chi connectivity index (χ3v) is 2.56. The molecule has 0 aliphatic carbocycles. The van der Waals surface area contributed by atoms with Gasteiger partial charge in [-0.1, -0.05) is 0 Å². The summed E-state index contributed by atoms with van der Waals surface area (Å²) in [5.41, 5.74) is -0.0542. The molecular weight excluding hydrogens is 164 g/mol. The molecule has 1 radical (unpaired) electrons. The van der Waals surface area contributed by atoms with Crippen molar-refractivity contribution in [3.63, 3.8) is 0 Å². The molecule has 0 heterocycles. The van der Waals surface area contributed by atoms with Crippen LogP contribution in [-0.4, -0.2) is 18.1 Å². The van der Waals surface area contributed by atoms with Gasteiger partial charge < -0.3 is 4.74 Å². The van der Waals surface area contributed by atoms with E-state index in [4.69, 9.17) is 4.74 Å². The summed E-state index contributed by atoms with van der Waals surface area (Å²) in [6, 6.07) is 0. The molecule has 0 unspecified atom stereocenters. The molecule has 0 aliphatic rings. The second-order valence-electron chi connectivity index (χ2n) is 2.87. The van der Waals surface area contributed by atoms with Gasteiger partial charge in [-0.2, -0.15) is 0 Å². The number of thioether (sulfide) groups is 2. The Bertz CT molecular complexity index is 84.1. The summed E-state index contributed by atoms with van der Waals surface area (Å²) < 4.78 is 6.61. The fourth-order valence-corrected chi connectivity index (χ4v) is 1.75. The maximum Gasteiger partial charge on any atom is 0.209 e.